The second-order valence-electron chi connectivity index (χ2n) is 17.1. The molecule has 0 saturated heterocycles. The van der Waals surface area contributed by atoms with Gasteiger partial charge in [-0.2, -0.15) is 0 Å². The first-order valence-electron chi connectivity index (χ1n) is 26.1. The Bertz CT molecular complexity index is 1340. The van der Waals surface area contributed by atoms with E-state index in [1.54, 1.807) is 0 Å². The number of aliphatic hydroxyl groups is 1. The highest BCUT2D eigenvalue weighted by atomic mass is 31.2. The number of esters is 1. The number of rotatable bonds is 48. The summed E-state index contributed by atoms with van der Waals surface area (Å²) in [5.41, 5.74) is 0. The fourth-order valence-corrected chi connectivity index (χ4v) is 7.72. The molecule has 10 heteroatoms. The zero-order valence-corrected chi connectivity index (χ0v) is 42.3. The van der Waals surface area contributed by atoms with E-state index in [0.29, 0.717) is 12.8 Å². The van der Waals surface area contributed by atoms with Crippen LogP contribution in [0.4, 0.5) is 0 Å². The molecule has 2 unspecified atom stereocenters. The van der Waals surface area contributed by atoms with Crippen molar-refractivity contribution in [2.45, 2.75) is 225 Å². The Labute approximate surface area is 398 Å². The molecule has 1 amide bonds. The van der Waals surface area contributed by atoms with Gasteiger partial charge in [0.15, 0.2) is 0 Å². The number of nitrogens with one attached hydrogen (secondary N) is 1. The maximum Gasteiger partial charge on any atom is 0.472 e. The smallest absolute Gasteiger partial charge is 0.463 e. The van der Waals surface area contributed by atoms with Crippen LogP contribution in [0.1, 0.15) is 219 Å². The maximum absolute atomic E-state index is 12.2. The molecule has 2 atom stereocenters. The number of ether oxygens (including phenoxy) is 1. The summed E-state index contributed by atoms with van der Waals surface area (Å²) in [7, 11) is -4.44. The highest BCUT2D eigenvalue weighted by Gasteiger charge is 2.23. The molecular formula is C55H96NO8P. The molecule has 374 valence electrons. The minimum Gasteiger partial charge on any atom is -0.463 e. The molecule has 0 aromatic carbocycles. The number of carbonyl (C=O) groups is 2. The molecule has 9 nitrogen and oxygen atoms in total. The van der Waals surface area contributed by atoms with Gasteiger partial charge >= 0.3 is 13.8 Å². The minimum absolute atomic E-state index is 0.0733. The first kappa shape index (κ1) is 62.2. The molecule has 0 aromatic heterocycles. The van der Waals surface area contributed by atoms with Gasteiger partial charge in [-0.1, -0.05) is 227 Å². The first-order valence-corrected chi connectivity index (χ1v) is 27.6. The third-order valence-corrected chi connectivity index (χ3v) is 11.8. The summed E-state index contributed by atoms with van der Waals surface area (Å²) in [6, 6.07) is 0. The predicted molar refractivity (Wildman–Crippen MR) is 275 cm³/mol. The van der Waals surface area contributed by atoms with E-state index in [1.807, 2.05) is 6.08 Å². The number of hydrogen-bond acceptors (Lipinski definition) is 7. The monoisotopic (exact) mass is 930 g/mol. The van der Waals surface area contributed by atoms with Gasteiger partial charge < -0.3 is 20.1 Å². The van der Waals surface area contributed by atoms with Gasteiger partial charge in [0.25, 0.3) is 0 Å². The van der Waals surface area contributed by atoms with Crippen molar-refractivity contribution in [2.24, 2.45) is 0 Å². The van der Waals surface area contributed by atoms with Crippen molar-refractivity contribution in [3.63, 3.8) is 0 Å². The Balaban J connectivity index is 3.65. The molecule has 0 heterocycles. The number of hydrogen-bond donors (Lipinski definition) is 3. The number of carbonyl (C=O) groups excluding carboxylic acids is 2. The molecule has 65 heavy (non-hydrogen) atoms. The third-order valence-electron chi connectivity index (χ3n) is 10.8. The molecule has 0 radical (unpaired) electrons. The summed E-state index contributed by atoms with van der Waals surface area (Å²) in [5.74, 6) is -0.576. The van der Waals surface area contributed by atoms with E-state index in [2.05, 4.69) is 98.2 Å². The molecule has 0 spiro atoms. The lowest BCUT2D eigenvalue weighted by atomic mass is 10.0. The Kier molecular flexibility index (Phi) is 48.4. The zero-order chi connectivity index (χ0) is 47.4. The Morgan fingerprint density at radius 2 is 0.877 bits per heavy atom. The highest BCUT2D eigenvalue weighted by Crippen LogP contribution is 2.42. The van der Waals surface area contributed by atoms with Gasteiger partial charge in [0.2, 0.25) is 5.91 Å². The van der Waals surface area contributed by atoms with Crippen molar-refractivity contribution in [1.82, 2.24) is 5.32 Å². The average molecular weight is 930 g/mol. The second-order valence-corrected chi connectivity index (χ2v) is 18.6. The number of amides is 1. The van der Waals surface area contributed by atoms with Gasteiger partial charge in [0, 0.05) is 19.4 Å². The van der Waals surface area contributed by atoms with Crippen LogP contribution in [0.15, 0.2) is 85.1 Å². The molecule has 0 aliphatic carbocycles. The van der Waals surface area contributed by atoms with Gasteiger partial charge in [0.05, 0.1) is 13.2 Å². The maximum atomic E-state index is 12.2. The van der Waals surface area contributed by atoms with Gasteiger partial charge in [-0.15, -0.1) is 0 Å². The molecular weight excluding hydrogens is 834 g/mol. The second kappa shape index (κ2) is 50.6. The van der Waals surface area contributed by atoms with E-state index in [4.69, 9.17) is 13.8 Å². The van der Waals surface area contributed by atoms with Crippen molar-refractivity contribution < 1.29 is 37.9 Å². The summed E-state index contributed by atoms with van der Waals surface area (Å²) in [5, 5.41) is 12.7. The van der Waals surface area contributed by atoms with Crippen molar-refractivity contribution in [3.05, 3.63) is 85.1 Å². The fourth-order valence-electron chi connectivity index (χ4n) is 6.96. The highest BCUT2D eigenvalue weighted by molar-refractivity contribution is 7.47. The van der Waals surface area contributed by atoms with E-state index < -0.39 is 26.5 Å². The van der Waals surface area contributed by atoms with Crippen LogP contribution in [-0.4, -0.2) is 54.3 Å². The fraction of sp³-hybridized carbons (Fsp3) is 0.709. The van der Waals surface area contributed by atoms with Crippen LogP contribution in [-0.2, 0) is 27.9 Å². The van der Waals surface area contributed by atoms with E-state index in [-0.39, 0.29) is 32.1 Å². The molecule has 0 saturated carbocycles. The van der Waals surface area contributed by atoms with Crippen LogP contribution < -0.4 is 5.32 Å². The van der Waals surface area contributed by atoms with Crippen LogP contribution in [0.25, 0.3) is 0 Å². The van der Waals surface area contributed by atoms with Crippen LogP contribution >= 0.6 is 7.82 Å². The largest absolute Gasteiger partial charge is 0.472 e. The Morgan fingerprint density at radius 3 is 1.29 bits per heavy atom. The van der Waals surface area contributed by atoms with Crippen molar-refractivity contribution in [3.8, 4) is 0 Å². The van der Waals surface area contributed by atoms with Gasteiger partial charge in [-0.05, 0) is 64.2 Å². The summed E-state index contributed by atoms with van der Waals surface area (Å²) < 4.78 is 26.9. The lowest BCUT2D eigenvalue weighted by Gasteiger charge is -2.15. The van der Waals surface area contributed by atoms with Crippen LogP contribution in [0.2, 0.25) is 0 Å². The number of phosphoric ester groups is 1. The normalized spacial score (nSPS) is 13.8. The summed E-state index contributed by atoms with van der Waals surface area (Å²) in [6.45, 7) is 3.40. The van der Waals surface area contributed by atoms with E-state index in [1.165, 1.54) is 116 Å². The molecule has 0 fully saturated rings. The quantitative estimate of drug-likeness (QED) is 0.0238. The van der Waals surface area contributed by atoms with E-state index in [9.17, 15) is 24.2 Å². The minimum atomic E-state index is -4.44. The summed E-state index contributed by atoms with van der Waals surface area (Å²) in [4.78, 5) is 34.1. The lowest BCUT2D eigenvalue weighted by molar-refractivity contribution is -0.147. The van der Waals surface area contributed by atoms with Gasteiger partial charge in [-0.3, -0.25) is 18.6 Å². The SMILES string of the molecule is CC/C=C\C/C=C\C/C=C\C/C=C\C/C=C\C/C=C\C/C=C\CCCC(=O)OCC(O)COP(=O)(O)OCCNC(=O)CCCCCCCCCCCCCCCCCCCCCCC. The van der Waals surface area contributed by atoms with Gasteiger partial charge in [-0.25, -0.2) is 4.57 Å². The number of unbranched alkanes of at least 4 members (excludes halogenated alkanes) is 21. The van der Waals surface area contributed by atoms with E-state index >= 15 is 0 Å². The molecule has 0 aliphatic rings. The first-order chi connectivity index (χ1) is 31.8. The topological polar surface area (TPSA) is 131 Å². The van der Waals surface area contributed by atoms with E-state index in [0.717, 1.165) is 70.6 Å². The van der Waals surface area contributed by atoms with Crippen molar-refractivity contribution in [2.75, 3.05) is 26.4 Å². The number of phosphoric acid groups is 1. The van der Waals surface area contributed by atoms with Gasteiger partial charge in [0.1, 0.15) is 12.7 Å². The molecule has 0 bridgehead atoms. The Hall–Kier alpha value is -2.81. The average Bonchev–Trinajstić information content (AvgIpc) is 3.29. The number of allylic oxidation sites excluding steroid dienone is 14. The Morgan fingerprint density at radius 1 is 0.492 bits per heavy atom. The van der Waals surface area contributed by atoms with Crippen LogP contribution in [0.5, 0.6) is 0 Å². The predicted octanol–water partition coefficient (Wildman–Crippen LogP) is 15.6. The summed E-state index contributed by atoms with van der Waals surface area (Å²) in [6.07, 6.45) is 65.3. The summed E-state index contributed by atoms with van der Waals surface area (Å²) >= 11 is 0. The molecule has 0 aromatic rings. The van der Waals surface area contributed by atoms with Crippen LogP contribution in [0.3, 0.4) is 0 Å². The van der Waals surface area contributed by atoms with Crippen molar-refractivity contribution >= 4 is 19.7 Å². The third kappa shape index (κ3) is 52.0. The zero-order valence-electron chi connectivity index (χ0n) is 41.4. The lowest BCUT2D eigenvalue weighted by Crippen LogP contribution is -2.27. The van der Waals surface area contributed by atoms with Crippen LogP contribution in [0, 0.1) is 0 Å². The van der Waals surface area contributed by atoms with Crippen molar-refractivity contribution in [1.29, 1.82) is 0 Å². The molecule has 0 rings (SSSR count). The number of aliphatic hydroxyl groups excluding tert-OH is 1. The molecule has 0 aliphatic heterocycles. The standard InChI is InChI=1S/C55H96NO8P/c1-3-5-7-9-11-13-15-17-19-21-23-25-26-28-30-32-34-36-38-40-42-44-46-48-55(59)62-51-53(57)52-64-65(60,61)63-50-49-56-54(58)47-45-43-41-39-37-35-33-31-29-27-24-22-20-18-16-14-12-10-8-6-4-2/h5,7,11,13,17,19,23,25,28,30,34,36,40,42,53,57H,3-4,6,8-10,12,14-16,18,20-22,24,26-27,29,31-33,35,37-39,41,43-52H2,1-2H3,(H,56,58)(H,60,61)/b7-5-,13-11-,19-17-,25-23-,30-28-,36-34-,42-40-. The molecule has 3 N–H and O–H groups in total.